The summed E-state index contributed by atoms with van der Waals surface area (Å²) in [6.07, 6.45) is -0.365. The topological polar surface area (TPSA) is 49.9 Å². The van der Waals surface area contributed by atoms with Gasteiger partial charge in [-0.25, -0.2) is 9.98 Å². The Morgan fingerprint density at radius 3 is 1.96 bits per heavy atom. The molecule has 11 rings (SSSR count). The fourth-order valence-electron chi connectivity index (χ4n) is 8.10. The molecule has 4 heteroatoms. The summed E-state index contributed by atoms with van der Waals surface area (Å²) in [6.45, 7) is 0. The average Bonchev–Trinajstić information content (AvgIpc) is 3.62. The molecule has 0 amide bonds. The fraction of sp³-hybridized carbons (Fsp3) is 0.0204. The molecular formula is C49H31N3O. The molecule has 0 radical (unpaired) electrons. The first-order valence-electron chi connectivity index (χ1n) is 18.0. The van der Waals surface area contributed by atoms with Crippen LogP contribution in [0.5, 0.6) is 0 Å². The minimum Gasteiger partial charge on any atom is -0.455 e. The van der Waals surface area contributed by atoms with Gasteiger partial charge in [0.1, 0.15) is 23.2 Å². The first-order valence-corrected chi connectivity index (χ1v) is 18.0. The molecule has 0 bridgehead atoms. The Morgan fingerprint density at radius 1 is 0.453 bits per heavy atom. The van der Waals surface area contributed by atoms with Gasteiger partial charge in [-0.1, -0.05) is 146 Å². The lowest BCUT2D eigenvalue weighted by Crippen LogP contribution is -2.33. The van der Waals surface area contributed by atoms with Crippen molar-refractivity contribution < 1.29 is 4.42 Å². The lowest BCUT2D eigenvalue weighted by Gasteiger charge is -2.24. The van der Waals surface area contributed by atoms with E-state index in [9.17, 15) is 0 Å². The van der Waals surface area contributed by atoms with Crippen molar-refractivity contribution in [2.75, 3.05) is 0 Å². The molecule has 1 aliphatic rings. The highest BCUT2D eigenvalue weighted by molar-refractivity contribution is 6.24. The normalized spacial score (nSPS) is 14.6. The Balaban J connectivity index is 1.15. The predicted octanol–water partition coefficient (Wildman–Crippen LogP) is 12.4. The summed E-state index contributed by atoms with van der Waals surface area (Å²) < 4.78 is 6.76. The summed E-state index contributed by atoms with van der Waals surface area (Å²) in [5, 5.41) is 15.4. The van der Waals surface area contributed by atoms with Gasteiger partial charge in [-0.05, 0) is 84.5 Å². The molecule has 2 heterocycles. The van der Waals surface area contributed by atoms with Gasteiger partial charge in [-0.3, -0.25) is 0 Å². The molecule has 9 aromatic carbocycles. The summed E-state index contributed by atoms with van der Waals surface area (Å²) in [5.41, 5.74) is 6.86. The van der Waals surface area contributed by atoms with E-state index in [1.165, 1.54) is 43.1 Å². The van der Waals surface area contributed by atoms with E-state index in [2.05, 4.69) is 169 Å². The molecule has 0 fully saturated rings. The van der Waals surface area contributed by atoms with Gasteiger partial charge in [-0.2, -0.15) is 0 Å². The lowest BCUT2D eigenvalue weighted by atomic mass is 9.94. The van der Waals surface area contributed by atoms with Crippen LogP contribution in [0.25, 0.3) is 76.2 Å². The third-order valence-corrected chi connectivity index (χ3v) is 10.7. The number of amidine groups is 2. The van der Waals surface area contributed by atoms with Gasteiger partial charge in [0.05, 0.1) is 0 Å². The molecule has 0 saturated carbocycles. The monoisotopic (exact) mass is 677 g/mol. The summed E-state index contributed by atoms with van der Waals surface area (Å²) in [5.74, 6) is 1.44. The van der Waals surface area contributed by atoms with Gasteiger partial charge < -0.3 is 9.73 Å². The van der Waals surface area contributed by atoms with E-state index in [0.29, 0.717) is 5.84 Å². The lowest BCUT2D eigenvalue weighted by molar-refractivity contribution is 0.669. The highest BCUT2D eigenvalue weighted by Crippen LogP contribution is 2.41. The van der Waals surface area contributed by atoms with Gasteiger partial charge >= 0.3 is 0 Å². The van der Waals surface area contributed by atoms with Crippen molar-refractivity contribution in [2.24, 2.45) is 9.98 Å². The first kappa shape index (κ1) is 29.7. The number of para-hydroxylation sites is 1. The van der Waals surface area contributed by atoms with Gasteiger partial charge in [0, 0.05) is 27.5 Å². The summed E-state index contributed by atoms with van der Waals surface area (Å²) in [6, 6.07) is 62.2. The zero-order valence-corrected chi connectivity index (χ0v) is 28.6. The minimum atomic E-state index is -0.365. The van der Waals surface area contributed by atoms with E-state index in [1.807, 2.05) is 12.1 Å². The fourth-order valence-corrected chi connectivity index (χ4v) is 8.10. The summed E-state index contributed by atoms with van der Waals surface area (Å²) in [7, 11) is 0. The predicted molar refractivity (Wildman–Crippen MR) is 221 cm³/mol. The molecule has 0 spiro atoms. The van der Waals surface area contributed by atoms with E-state index < -0.39 is 0 Å². The maximum absolute atomic E-state index is 6.76. The highest BCUT2D eigenvalue weighted by Gasteiger charge is 2.25. The van der Waals surface area contributed by atoms with Gasteiger partial charge in [-0.15, -0.1) is 0 Å². The van der Waals surface area contributed by atoms with Crippen LogP contribution in [-0.4, -0.2) is 11.7 Å². The molecule has 1 unspecified atom stereocenters. The Labute approximate surface area is 305 Å². The summed E-state index contributed by atoms with van der Waals surface area (Å²) >= 11 is 0. The van der Waals surface area contributed by atoms with Crippen LogP contribution in [0.4, 0.5) is 0 Å². The van der Waals surface area contributed by atoms with Crippen molar-refractivity contribution in [1.82, 2.24) is 5.32 Å². The number of hydrogen-bond donors (Lipinski definition) is 1. The molecule has 1 atom stereocenters. The minimum absolute atomic E-state index is 0.365. The zero-order chi connectivity index (χ0) is 34.9. The number of hydrogen-bond acceptors (Lipinski definition) is 4. The second-order valence-corrected chi connectivity index (χ2v) is 13.8. The number of fused-ring (bicyclic) bond motifs is 8. The van der Waals surface area contributed by atoms with Crippen LogP contribution < -0.4 is 5.32 Å². The van der Waals surface area contributed by atoms with Gasteiger partial charge in [0.25, 0.3) is 0 Å². The highest BCUT2D eigenvalue weighted by atomic mass is 16.3. The zero-order valence-electron chi connectivity index (χ0n) is 28.6. The molecule has 1 N–H and O–H groups in total. The van der Waals surface area contributed by atoms with Crippen molar-refractivity contribution in [3.05, 3.63) is 193 Å². The van der Waals surface area contributed by atoms with E-state index >= 15 is 0 Å². The Bertz CT molecular complexity index is 3160. The van der Waals surface area contributed by atoms with Crippen LogP contribution in [-0.2, 0) is 0 Å². The van der Waals surface area contributed by atoms with E-state index in [-0.39, 0.29) is 6.17 Å². The smallest absolute Gasteiger partial charge is 0.160 e. The molecule has 1 aliphatic heterocycles. The van der Waals surface area contributed by atoms with E-state index in [1.54, 1.807) is 0 Å². The van der Waals surface area contributed by atoms with Crippen molar-refractivity contribution in [1.29, 1.82) is 0 Å². The number of benzene rings is 9. The molecule has 4 nitrogen and oxygen atoms in total. The van der Waals surface area contributed by atoms with Gasteiger partial charge in [0.15, 0.2) is 5.84 Å². The first-order chi connectivity index (χ1) is 26.2. The Hall–Kier alpha value is -7.04. The number of furan rings is 1. The van der Waals surface area contributed by atoms with Crippen molar-refractivity contribution >= 4 is 76.7 Å². The van der Waals surface area contributed by atoms with E-state index in [4.69, 9.17) is 14.4 Å². The number of nitrogens with zero attached hydrogens (tertiary/aromatic N) is 2. The quantitative estimate of drug-likeness (QED) is 0.189. The molecular weight excluding hydrogens is 647 g/mol. The van der Waals surface area contributed by atoms with Crippen LogP contribution in [0, 0.1) is 0 Å². The average molecular weight is 678 g/mol. The maximum atomic E-state index is 6.76. The number of nitrogens with one attached hydrogen (secondary N) is 1. The Kier molecular flexibility index (Phi) is 6.58. The van der Waals surface area contributed by atoms with Crippen LogP contribution in [0.1, 0.15) is 22.9 Å². The van der Waals surface area contributed by atoms with Crippen LogP contribution in [0.15, 0.2) is 190 Å². The van der Waals surface area contributed by atoms with Crippen LogP contribution in [0.2, 0.25) is 0 Å². The second-order valence-electron chi connectivity index (χ2n) is 13.8. The molecule has 248 valence electrons. The second kappa shape index (κ2) is 11.8. The molecule has 53 heavy (non-hydrogen) atoms. The van der Waals surface area contributed by atoms with Crippen molar-refractivity contribution in [3.63, 3.8) is 0 Å². The van der Waals surface area contributed by atoms with Crippen LogP contribution in [0.3, 0.4) is 0 Å². The van der Waals surface area contributed by atoms with Crippen molar-refractivity contribution in [2.45, 2.75) is 6.17 Å². The third-order valence-electron chi connectivity index (χ3n) is 10.7. The third kappa shape index (κ3) is 4.84. The molecule has 1 aromatic heterocycles. The SMILES string of the molecule is c1ccc2cc(C3N=C(c4ccc(-c5cccc6ccccc56)c5oc6ccccc6c45)N=C(c4ccc5ccc6ccccc6c5c4)N3)ccc2c1. The summed E-state index contributed by atoms with van der Waals surface area (Å²) in [4.78, 5) is 10.7. The molecule has 0 saturated heterocycles. The maximum Gasteiger partial charge on any atom is 0.160 e. The Morgan fingerprint density at radius 2 is 1.09 bits per heavy atom. The van der Waals surface area contributed by atoms with Gasteiger partial charge in [0.2, 0.25) is 0 Å². The molecule has 0 aliphatic carbocycles. The van der Waals surface area contributed by atoms with Crippen molar-refractivity contribution in [3.8, 4) is 11.1 Å². The van der Waals surface area contributed by atoms with Crippen LogP contribution >= 0.6 is 0 Å². The number of rotatable bonds is 4. The van der Waals surface area contributed by atoms with E-state index in [0.717, 1.165) is 55.6 Å². The number of aliphatic imine (C=N–C) groups is 2. The molecule has 10 aromatic rings. The largest absolute Gasteiger partial charge is 0.455 e. The standard InChI is InChI=1S/C49H31N3O/c1-2-13-34-28-35(24-20-30(34)10-1)47-50-48(36-25-23-33-22-21-32-12-4-6-16-38(32)43(33)29-36)52-49(51-47)42-27-26-40(39-18-9-14-31-11-3-5-15-37(31)39)46-45(42)41-17-7-8-19-44(41)53-46/h1-29,47H,(H,50,51,52).